The highest BCUT2D eigenvalue weighted by Crippen LogP contribution is 2.23. The predicted octanol–water partition coefficient (Wildman–Crippen LogP) is 3.50. The third-order valence-electron chi connectivity index (χ3n) is 2.14. The van der Waals surface area contributed by atoms with Crippen molar-refractivity contribution < 1.29 is 4.74 Å². The molecule has 2 nitrogen and oxygen atoms in total. The van der Waals surface area contributed by atoms with Crippen molar-refractivity contribution in [1.29, 1.82) is 0 Å². The van der Waals surface area contributed by atoms with Gasteiger partial charge in [0, 0.05) is 16.8 Å². The van der Waals surface area contributed by atoms with Gasteiger partial charge in [0.2, 0.25) is 0 Å². The average Bonchev–Trinajstić information content (AvgIpc) is 2.27. The van der Waals surface area contributed by atoms with Crippen LogP contribution >= 0.6 is 11.6 Å². The van der Waals surface area contributed by atoms with E-state index in [1.165, 1.54) is 0 Å². The van der Waals surface area contributed by atoms with Crippen molar-refractivity contribution in [3.63, 3.8) is 0 Å². The van der Waals surface area contributed by atoms with Crippen LogP contribution in [0.5, 0.6) is 5.75 Å². The molecule has 0 unspecified atom stereocenters. The smallest absolute Gasteiger partial charge is 0.123 e. The number of halogens is 1. The van der Waals surface area contributed by atoms with E-state index in [9.17, 15) is 0 Å². The van der Waals surface area contributed by atoms with Gasteiger partial charge in [-0.1, -0.05) is 41.9 Å². The van der Waals surface area contributed by atoms with Crippen molar-refractivity contribution in [2.24, 2.45) is 0 Å². The lowest BCUT2D eigenvalue weighted by Gasteiger charge is -2.07. The molecule has 0 saturated carbocycles. The maximum absolute atomic E-state index is 5.87. The van der Waals surface area contributed by atoms with E-state index in [1.807, 2.05) is 30.3 Å². The summed E-state index contributed by atoms with van der Waals surface area (Å²) < 4.78 is 5.59. The van der Waals surface area contributed by atoms with E-state index in [1.54, 1.807) is 18.2 Å². The third kappa shape index (κ3) is 2.91. The highest BCUT2D eigenvalue weighted by atomic mass is 35.5. The third-order valence-corrected chi connectivity index (χ3v) is 2.36. The van der Waals surface area contributed by atoms with Gasteiger partial charge in [-0.05, 0) is 17.7 Å². The molecule has 0 aliphatic carbocycles. The molecule has 16 heavy (non-hydrogen) atoms. The summed E-state index contributed by atoms with van der Waals surface area (Å²) in [6.07, 6.45) is 0. The standard InChI is InChI=1S/C13H12ClNO/c14-11-6-12(15)8-13(7-11)16-9-10-4-2-1-3-5-10/h1-8H,9,15H2. The molecule has 0 saturated heterocycles. The molecular formula is C13H12ClNO. The van der Waals surface area contributed by atoms with Gasteiger partial charge in [0.05, 0.1) is 0 Å². The summed E-state index contributed by atoms with van der Waals surface area (Å²) in [7, 11) is 0. The Bertz CT molecular complexity index is 450. The summed E-state index contributed by atoms with van der Waals surface area (Å²) in [6.45, 7) is 0.515. The molecule has 0 radical (unpaired) electrons. The van der Waals surface area contributed by atoms with Crippen molar-refractivity contribution in [2.75, 3.05) is 5.73 Å². The first-order chi connectivity index (χ1) is 7.74. The van der Waals surface area contributed by atoms with Crippen LogP contribution in [0.2, 0.25) is 5.02 Å². The van der Waals surface area contributed by atoms with Crippen molar-refractivity contribution in [3.05, 3.63) is 59.1 Å². The number of benzene rings is 2. The molecule has 0 atom stereocenters. The molecule has 0 aromatic heterocycles. The second-order valence-electron chi connectivity index (χ2n) is 3.49. The largest absolute Gasteiger partial charge is 0.489 e. The lowest BCUT2D eigenvalue weighted by Crippen LogP contribution is -1.96. The Labute approximate surface area is 99.6 Å². The van der Waals surface area contributed by atoms with E-state index in [0.29, 0.717) is 23.1 Å². The molecule has 0 heterocycles. The highest BCUT2D eigenvalue weighted by molar-refractivity contribution is 6.31. The van der Waals surface area contributed by atoms with Gasteiger partial charge in [0.1, 0.15) is 12.4 Å². The van der Waals surface area contributed by atoms with Crippen molar-refractivity contribution in [3.8, 4) is 5.75 Å². The minimum absolute atomic E-state index is 0.515. The Kier molecular flexibility index (Phi) is 3.32. The van der Waals surface area contributed by atoms with E-state index in [0.717, 1.165) is 5.56 Å². The SMILES string of the molecule is Nc1cc(Cl)cc(OCc2ccccc2)c1. The number of nitrogen functional groups attached to an aromatic ring is 1. The first kappa shape index (κ1) is 10.8. The second-order valence-corrected chi connectivity index (χ2v) is 3.93. The summed E-state index contributed by atoms with van der Waals surface area (Å²) in [5.74, 6) is 0.689. The van der Waals surface area contributed by atoms with Crippen LogP contribution in [0.4, 0.5) is 5.69 Å². The van der Waals surface area contributed by atoms with Gasteiger partial charge in [-0.25, -0.2) is 0 Å². The van der Waals surface area contributed by atoms with Gasteiger partial charge in [0.25, 0.3) is 0 Å². The van der Waals surface area contributed by atoms with E-state index in [2.05, 4.69) is 0 Å². The summed E-state index contributed by atoms with van der Waals surface area (Å²) in [5, 5.41) is 0.586. The number of ether oxygens (including phenoxy) is 1. The summed E-state index contributed by atoms with van der Waals surface area (Å²) >= 11 is 5.87. The van der Waals surface area contributed by atoms with Crippen molar-refractivity contribution in [1.82, 2.24) is 0 Å². The highest BCUT2D eigenvalue weighted by Gasteiger charge is 1.99. The molecule has 2 N–H and O–H groups in total. The van der Waals surface area contributed by atoms with E-state index >= 15 is 0 Å². The predicted molar refractivity (Wildman–Crippen MR) is 66.6 cm³/mol. The minimum atomic E-state index is 0.515. The fraction of sp³-hybridized carbons (Fsp3) is 0.0769. The van der Waals surface area contributed by atoms with Crippen LogP contribution in [0, 0.1) is 0 Å². The van der Waals surface area contributed by atoms with E-state index in [4.69, 9.17) is 22.1 Å². The molecule has 2 aromatic carbocycles. The maximum Gasteiger partial charge on any atom is 0.123 e. The molecule has 0 bridgehead atoms. The van der Waals surface area contributed by atoms with Gasteiger partial charge < -0.3 is 10.5 Å². The van der Waals surface area contributed by atoms with Crippen LogP contribution in [0.25, 0.3) is 0 Å². The molecular weight excluding hydrogens is 222 g/mol. The molecule has 0 fully saturated rings. The molecule has 3 heteroatoms. The van der Waals surface area contributed by atoms with Crippen LogP contribution in [0.15, 0.2) is 48.5 Å². The maximum atomic E-state index is 5.87. The Morgan fingerprint density at radius 1 is 1.06 bits per heavy atom. The van der Waals surface area contributed by atoms with Gasteiger partial charge >= 0.3 is 0 Å². The number of hydrogen-bond donors (Lipinski definition) is 1. The first-order valence-electron chi connectivity index (χ1n) is 4.97. The molecule has 2 rings (SSSR count). The molecule has 0 spiro atoms. The van der Waals surface area contributed by atoms with Gasteiger partial charge in [-0.3, -0.25) is 0 Å². The topological polar surface area (TPSA) is 35.2 Å². The number of hydrogen-bond acceptors (Lipinski definition) is 2. The zero-order chi connectivity index (χ0) is 11.4. The zero-order valence-corrected chi connectivity index (χ0v) is 9.45. The van der Waals surface area contributed by atoms with Gasteiger partial charge in [-0.2, -0.15) is 0 Å². The molecule has 82 valence electrons. The Morgan fingerprint density at radius 2 is 1.81 bits per heavy atom. The zero-order valence-electron chi connectivity index (χ0n) is 8.69. The molecule has 0 aliphatic heterocycles. The Hall–Kier alpha value is -1.67. The van der Waals surface area contributed by atoms with Crippen molar-refractivity contribution >= 4 is 17.3 Å². The number of rotatable bonds is 3. The normalized spacial score (nSPS) is 10.1. The van der Waals surface area contributed by atoms with Crippen LogP contribution < -0.4 is 10.5 Å². The Balaban J connectivity index is 2.05. The summed E-state index contributed by atoms with van der Waals surface area (Å²) in [4.78, 5) is 0. The summed E-state index contributed by atoms with van der Waals surface area (Å²) in [5.41, 5.74) is 7.38. The van der Waals surface area contributed by atoms with Crippen LogP contribution in [0.3, 0.4) is 0 Å². The number of anilines is 1. The first-order valence-corrected chi connectivity index (χ1v) is 5.34. The lowest BCUT2D eigenvalue weighted by molar-refractivity contribution is 0.306. The Morgan fingerprint density at radius 3 is 2.50 bits per heavy atom. The van der Waals surface area contributed by atoms with Gasteiger partial charge in [0.15, 0.2) is 0 Å². The molecule has 0 amide bonds. The summed E-state index contributed by atoms with van der Waals surface area (Å²) in [6, 6.07) is 15.1. The lowest BCUT2D eigenvalue weighted by atomic mass is 10.2. The van der Waals surface area contributed by atoms with Gasteiger partial charge in [-0.15, -0.1) is 0 Å². The molecule has 0 aliphatic rings. The monoisotopic (exact) mass is 233 g/mol. The van der Waals surface area contributed by atoms with Crippen LogP contribution in [-0.4, -0.2) is 0 Å². The second kappa shape index (κ2) is 4.90. The quantitative estimate of drug-likeness (QED) is 0.824. The fourth-order valence-corrected chi connectivity index (χ4v) is 1.64. The van der Waals surface area contributed by atoms with Crippen LogP contribution in [-0.2, 0) is 6.61 Å². The van der Waals surface area contributed by atoms with E-state index in [-0.39, 0.29) is 0 Å². The average molecular weight is 234 g/mol. The fourth-order valence-electron chi connectivity index (χ4n) is 1.41. The van der Waals surface area contributed by atoms with Crippen molar-refractivity contribution in [2.45, 2.75) is 6.61 Å². The van der Waals surface area contributed by atoms with Crippen LogP contribution in [0.1, 0.15) is 5.56 Å². The van der Waals surface area contributed by atoms with E-state index < -0.39 is 0 Å². The molecule has 2 aromatic rings. The minimum Gasteiger partial charge on any atom is -0.489 e. The number of nitrogens with two attached hydrogens (primary N) is 1.